The third-order valence-electron chi connectivity index (χ3n) is 2.72. The van der Waals surface area contributed by atoms with Crippen LogP contribution >= 0.6 is 43.5 Å². The third kappa shape index (κ3) is 3.51. The predicted molar refractivity (Wildman–Crippen MR) is 89.2 cm³/mol. The Morgan fingerprint density at radius 3 is 2.70 bits per heavy atom. The number of rotatable bonds is 3. The Balaban J connectivity index is 2.60. The molecule has 2 aromatic rings. The lowest BCUT2D eigenvalue weighted by Crippen LogP contribution is -2.15. The molecular formula is C14H13Br2ClN2O. The van der Waals surface area contributed by atoms with Crippen LogP contribution in [0.25, 0.3) is 11.4 Å². The Morgan fingerprint density at radius 1 is 1.35 bits per heavy atom. The molecule has 0 spiro atoms. The van der Waals surface area contributed by atoms with Gasteiger partial charge in [-0.05, 0) is 46.5 Å². The highest BCUT2D eigenvalue weighted by Gasteiger charge is 2.13. The van der Waals surface area contributed by atoms with Gasteiger partial charge in [-0.1, -0.05) is 41.4 Å². The monoisotopic (exact) mass is 418 g/mol. The Labute approximate surface area is 139 Å². The van der Waals surface area contributed by atoms with Gasteiger partial charge < -0.3 is 4.98 Å². The Hall–Kier alpha value is -0.650. The second-order valence-corrected chi connectivity index (χ2v) is 7.01. The number of nitrogens with one attached hydrogen (secondary N) is 1. The maximum absolute atomic E-state index is 12.0. The van der Waals surface area contributed by atoms with Crippen LogP contribution in [0, 0.1) is 5.92 Å². The van der Waals surface area contributed by atoms with Crippen LogP contribution < -0.4 is 5.56 Å². The lowest BCUT2D eigenvalue weighted by atomic mass is 10.1. The van der Waals surface area contributed by atoms with Crippen LogP contribution in [0.5, 0.6) is 0 Å². The van der Waals surface area contributed by atoms with Crippen molar-refractivity contribution in [2.24, 2.45) is 5.92 Å². The van der Waals surface area contributed by atoms with Crippen molar-refractivity contribution in [1.29, 1.82) is 0 Å². The van der Waals surface area contributed by atoms with E-state index in [-0.39, 0.29) is 5.56 Å². The molecule has 6 heteroatoms. The van der Waals surface area contributed by atoms with Crippen LogP contribution in [0.2, 0.25) is 5.02 Å². The highest BCUT2D eigenvalue weighted by Crippen LogP contribution is 2.29. The van der Waals surface area contributed by atoms with Crippen molar-refractivity contribution in [2.75, 3.05) is 0 Å². The van der Waals surface area contributed by atoms with Crippen LogP contribution in [0.4, 0.5) is 0 Å². The van der Waals surface area contributed by atoms with E-state index in [0.29, 0.717) is 26.8 Å². The minimum atomic E-state index is -0.193. The van der Waals surface area contributed by atoms with E-state index < -0.39 is 0 Å². The molecule has 0 atom stereocenters. The average Bonchev–Trinajstić information content (AvgIpc) is 2.37. The van der Waals surface area contributed by atoms with E-state index in [4.69, 9.17) is 11.6 Å². The summed E-state index contributed by atoms with van der Waals surface area (Å²) in [7, 11) is 0. The lowest BCUT2D eigenvalue weighted by Gasteiger charge is -2.10. The molecule has 106 valence electrons. The fraction of sp³-hybridized carbons (Fsp3) is 0.286. The Bertz CT molecular complexity index is 698. The van der Waals surface area contributed by atoms with Crippen LogP contribution in [0.3, 0.4) is 0 Å². The normalized spacial score (nSPS) is 11.1. The maximum Gasteiger partial charge on any atom is 0.265 e. The highest BCUT2D eigenvalue weighted by molar-refractivity contribution is 9.10. The van der Waals surface area contributed by atoms with Gasteiger partial charge in [0.25, 0.3) is 5.56 Å². The van der Waals surface area contributed by atoms with Gasteiger partial charge >= 0.3 is 0 Å². The zero-order valence-corrected chi connectivity index (χ0v) is 14.9. The van der Waals surface area contributed by atoms with Crippen molar-refractivity contribution in [3.05, 3.63) is 48.2 Å². The summed E-state index contributed by atoms with van der Waals surface area (Å²) in [6, 6.07) is 5.45. The van der Waals surface area contributed by atoms with Crippen LogP contribution in [0.15, 0.2) is 31.9 Å². The molecule has 1 heterocycles. The molecule has 0 saturated heterocycles. The van der Waals surface area contributed by atoms with Gasteiger partial charge in [-0.2, -0.15) is 0 Å². The SMILES string of the molecule is CC(C)Cc1nc(-c2cc(Br)ccc2Cl)[nH]c(=O)c1Br. The first kappa shape index (κ1) is 15.7. The molecule has 0 radical (unpaired) electrons. The summed E-state index contributed by atoms with van der Waals surface area (Å²) in [5.74, 6) is 0.895. The fourth-order valence-corrected chi connectivity index (χ4v) is 2.75. The van der Waals surface area contributed by atoms with Gasteiger partial charge in [-0.3, -0.25) is 4.79 Å². The lowest BCUT2D eigenvalue weighted by molar-refractivity contribution is 0.631. The van der Waals surface area contributed by atoms with Gasteiger partial charge in [-0.25, -0.2) is 4.98 Å². The van der Waals surface area contributed by atoms with Crippen molar-refractivity contribution in [3.63, 3.8) is 0 Å². The zero-order valence-electron chi connectivity index (χ0n) is 11.0. The first-order valence-corrected chi connectivity index (χ1v) is 8.09. The van der Waals surface area contributed by atoms with E-state index >= 15 is 0 Å². The third-order valence-corrected chi connectivity index (χ3v) is 4.36. The first-order valence-electron chi connectivity index (χ1n) is 6.12. The molecule has 0 aliphatic heterocycles. The number of aromatic amines is 1. The van der Waals surface area contributed by atoms with Crippen LogP contribution in [0.1, 0.15) is 19.5 Å². The number of halogens is 3. The molecule has 0 saturated carbocycles. The van der Waals surface area contributed by atoms with Crippen molar-refractivity contribution < 1.29 is 0 Å². The summed E-state index contributed by atoms with van der Waals surface area (Å²) >= 11 is 12.9. The second-order valence-electron chi connectivity index (χ2n) is 4.90. The summed E-state index contributed by atoms with van der Waals surface area (Å²) in [5, 5.41) is 0.550. The zero-order chi connectivity index (χ0) is 14.9. The largest absolute Gasteiger partial charge is 0.305 e. The summed E-state index contributed by atoms with van der Waals surface area (Å²) in [5.41, 5.74) is 1.26. The van der Waals surface area contributed by atoms with Crippen molar-refractivity contribution >= 4 is 43.5 Å². The minimum Gasteiger partial charge on any atom is -0.305 e. The number of nitrogens with zero attached hydrogens (tertiary/aromatic N) is 1. The molecule has 0 fully saturated rings. The Kier molecular flexibility index (Phi) is 5.04. The highest BCUT2D eigenvalue weighted by atomic mass is 79.9. The summed E-state index contributed by atoms with van der Waals surface area (Å²) in [6.45, 7) is 4.17. The Morgan fingerprint density at radius 2 is 2.05 bits per heavy atom. The quantitative estimate of drug-likeness (QED) is 0.774. The topological polar surface area (TPSA) is 45.8 Å². The summed E-state index contributed by atoms with van der Waals surface area (Å²) < 4.78 is 1.37. The predicted octanol–water partition coefficient (Wildman–Crippen LogP) is 4.81. The first-order chi connectivity index (χ1) is 9.38. The van der Waals surface area contributed by atoms with E-state index in [9.17, 15) is 4.79 Å². The van der Waals surface area contributed by atoms with E-state index in [0.717, 1.165) is 16.6 Å². The molecule has 0 unspecified atom stereocenters. The van der Waals surface area contributed by atoms with E-state index in [1.165, 1.54) is 0 Å². The van der Waals surface area contributed by atoms with Crippen LogP contribution in [-0.4, -0.2) is 9.97 Å². The fourth-order valence-electron chi connectivity index (χ4n) is 1.83. The van der Waals surface area contributed by atoms with Gasteiger partial charge in [0.15, 0.2) is 0 Å². The number of benzene rings is 1. The van der Waals surface area contributed by atoms with Gasteiger partial charge in [0.1, 0.15) is 10.3 Å². The van der Waals surface area contributed by atoms with Gasteiger partial charge in [0.05, 0.1) is 10.7 Å². The molecule has 0 bridgehead atoms. The molecule has 0 aliphatic carbocycles. The smallest absolute Gasteiger partial charge is 0.265 e. The van der Waals surface area contributed by atoms with E-state index in [1.807, 2.05) is 12.1 Å². The van der Waals surface area contributed by atoms with E-state index in [1.54, 1.807) is 6.07 Å². The number of H-pyrrole nitrogens is 1. The maximum atomic E-state index is 12.0. The molecule has 1 N–H and O–H groups in total. The van der Waals surface area contributed by atoms with Crippen molar-refractivity contribution in [3.8, 4) is 11.4 Å². The molecule has 2 rings (SSSR count). The number of hydrogen-bond donors (Lipinski definition) is 1. The van der Waals surface area contributed by atoms with Crippen molar-refractivity contribution in [2.45, 2.75) is 20.3 Å². The average molecular weight is 421 g/mol. The molecule has 0 aliphatic rings. The molecule has 1 aromatic carbocycles. The van der Waals surface area contributed by atoms with Crippen molar-refractivity contribution in [1.82, 2.24) is 9.97 Å². The number of aromatic nitrogens is 2. The van der Waals surface area contributed by atoms with Gasteiger partial charge in [0.2, 0.25) is 0 Å². The van der Waals surface area contributed by atoms with E-state index in [2.05, 4.69) is 55.7 Å². The second kappa shape index (κ2) is 6.41. The standard InChI is InChI=1S/C14H13Br2ClN2O/c1-7(2)5-11-12(16)14(20)19-13(18-11)9-6-8(15)3-4-10(9)17/h3-4,6-7H,5H2,1-2H3,(H,18,19,20). The molecule has 3 nitrogen and oxygen atoms in total. The summed E-state index contributed by atoms with van der Waals surface area (Å²) in [6.07, 6.45) is 0.725. The van der Waals surface area contributed by atoms with Gasteiger partial charge in [-0.15, -0.1) is 0 Å². The van der Waals surface area contributed by atoms with Crippen LogP contribution in [-0.2, 0) is 6.42 Å². The molecular weight excluding hydrogens is 407 g/mol. The summed E-state index contributed by atoms with van der Waals surface area (Å²) in [4.78, 5) is 19.3. The number of hydrogen-bond acceptors (Lipinski definition) is 2. The molecule has 0 amide bonds. The molecule has 1 aromatic heterocycles. The van der Waals surface area contributed by atoms with Gasteiger partial charge in [0, 0.05) is 10.0 Å². The molecule has 20 heavy (non-hydrogen) atoms. The minimum absolute atomic E-state index is 0.193.